The molecule has 20 heavy (non-hydrogen) atoms. The van der Waals surface area contributed by atoms with Gasteiger partial charge in [0.1, 0.15) is 10.8 Å². The fraction of sp³-hybridized carbons (Fsp3) is 0.273. The second-order valence-electron chi connectivity index (χ2n) is 3.83. The minimum absolute atomic E-state index is 0.0255. The van der Waals surface area contributed by atoms with Gasteiger partial charge in [0, 0.05) is 5.38 Å². The van der Waals surface area contributed by atoms with Gasteiger partial charge in [-0.25, -0.2) is 19.6 Å². The van der Waals surface area contributed by atoms with Crippen molar-refractivity contribution in [3.63, 3.8) is 0 Å². The standard InChI is InChI=1S/C11H12N4O4S/c1-6-2-12-8(19-6)3-13-11(18)14-4-9-15-7(5-20-9)10(16)17/h2,5H,3-4H2,1H3,(H,16,17)(H2,13,14,18). The van der Waals surface area contributed by atoms with Crippen molar-refractivity contribution in [1.82, 2.24) is 20.6 Å². The van der Waals surface area contributed by atoms with Crippen molar-refractivity contribution in [2.75, 3.05) is 0 Å². The fourth-order valence-corrected chi connectivity index (χ4v) is 2.06. The molecule has 0 fully saturated rings. The number of carboxylic acid groups (broad SMARTS) is 1. The van der Waals surface area contributed by atoms with Crippen molar-refractivity contribution in [3.05, 3.63) is 33.9 Å². The molecule has 0 unspecified atom stereocenters. The average Bonchev–Trinajstić information content (AvgIpc) is 3.03. The van der Waals surface area contributed by atoms with Gasteiger partial charge in [-0.1, -0.05) is 0 Å². The topological polar surface area (TPSA) is 117 Å². The third-order valence-corrected chi connectivity index (χ3v) is 3.09. The highest BCUT2D eigenvalue weighted by Crippen LogP contribution is 2.09. The molecule has 3 N–H and O–H groups in total. The summed E-state index contributed by atoms with van der Waals surface area (Å²) >= 11 is 1.17. The molecule has 0 radical (unpaired) electrons. The largest absolute Gasteiger partial charge is 0.476 e. The number of hydrogen-bond acceptors (Lipinski definition) is 6. The zero-order valence-corrected chi connectivity index (χ0v) is 11.4. The molecule has 0 aliphatic heterocycles. The molecule has 106 valence electrons. The van der Waals surface area contributed by atoms with E-state index in [9.17, 15) is 9.59 Å². The van der Waals surface area contributed by atoms with Crippen LogP contribution in [0.3, 0.4) is 0 Å². The van der Waals surface area contributed by atoms with Crippen molar-refractivity contribution in [2.45, 2.75) is 20.0 Å². The summed E-state index contributed by atoms with van der Waals surface area (Å²) in [6.45, 7) is 2.10. The molecule has 9 heteroatoms. The third-order valence-electron chi connectivity index (χ3n) is 2.24. The van der Waals surface area contributed by atoms with Crippen LogP contribution in [0.5, 0.6) is 0 Å². The van der Waals surface area contributed by atoms with Crippen LogP contribution in [-0.4, -0.2) is 27.1 Å². The van der Waals surface area contributed by atoms with Crippen LogP contribution in [0.15, 0.2) is 16.0 Å². The zero-order chi connectivity index (χ0) is 14.5. The number of amides is 2. The van der Waals surface area contributed by atoms with E-state index >= 15 is 0 Å². The molecule has 2 aromatic rings. The van der Waals surface area contributed by atoms with Crippen LogP contribution < -0.4 is 10.6 Å². The number of nitrogens with one attached hydrogen (secondary N) is 2. The summed E-state index contributed by atoms with van der Waals surface area (Å²) in [6, 6.07) is -0.409. The molecule has 0 saturated carbocycles. The number of aromatic carboxylic acids is 1. The second-order valence-corrected chi connectivity index (χ2v) is 4.78. The summed E-state index contributed by atoms with van der Waals surface area (Å²) in [5, 5.41) is 15.8. The molecule has 2 amide bonds. The van der Waals surface area contributed by atoms with E-state index in [-0.39, 0.29) is 18.8 Å². The lowest BCUT2D eigenvalue weighted by Crippen LogP contribution is -2.34. The first-order chi connectivity index (χ1) is 9.54. The minimum Gasteiger partial charge on any atom is -0.476 e. The monoisotopic (exact) mass is 296 g/mol. The van der Waals surface area contributed by atoms with E-state index in [1.54, 1.807) is 13.1 Å². The van der Waals surface area contributed by atoms with Gasteiger partial charge in [-0.3, -0.25) is 0 Å². The van der Waals surface area contributed by atoms with E-state index in [1.165, 1.54) is 16.7 Å². The van der Waals surface area contributed by atoms with Crippen molar-refractivity contribution in [3.8, 4) is 0 Å². The van der Waals surface area contributed by atoms with E-state index in [2.05, 4.69) is 20.6 Å². The van der Waals surface area contributed by atoms with Crippen LogP contribution in [0.1, 0.15) is 27.1 Å². The Morgan fingerprint density at radius 2 is 2.15 bits per heavy atom. The van der Waals surface area contributed by atoms with Crippen LogP contribution in [-0.2, 0) is 13.1 Å². The normalized spacial score (nSPS) is 10.2. The lowest BCUT2D eigenvalue weighted by molar-refractivity contribution is 0.0691. The number of carbonyl (C=O) groups is 2. The van der Waals surface area contributed by atoms with E-state index < -0.39 is 12.0 Å². The predicted octanol–water partition coefficient (Wildman–Crippen LogP) is 1.14. The maximum atomic E-state index is 11.5. The van der Waals surface area contributed by atoms with Crippen molar-refractivity contribution >= 4 is 23.3 Å². The Morgan fingerprint density at radius 1 is 1.40 bits per heavy atom. The summed E-state index contributed by atoms with van der Waals surface area (Å²) in [5.41, 5.74) is -0.0255. The molecule has 0 saturated heterocycles. The van der Waals surface area contributed by atoms with E-state index in [1.807, 2.05) is 0 Å². The number of carbonyl (C=O) groups excluding carboxylic acids is 1. The second kappa shape index (κ2) is 6.15. The maximum absolute atomic E-state index is 11.5. The van der Waals surface area contributed by atoms with Gasteiger partial charge in [0.15, 0.2) is 5.69 Å². The van der Waals surface area contributed by atoms with Crippen LogP contribution >= 0.6 is 11.3 Å². The zero-order valence-electron chi connectivity index (χ0n) is 10.5. The van der Waals surface area contributed by atoms with Crippen molar-refractivity contribution < 1.29 is 19.1 Å². The molecule has 2 rings (SSSR count). The number of hydrogen-bond donors (Lipinski definition) is 3. The quantitative estimate of drug-likeness (QED) is 0.761. The molecule has 0 atom stereocenters. The number of aryl methyl sites for hydroxylation is 1. The average molecular weight is 296 g/mol. The molecule has 2 heterocycles. The molecule has 8 nitrogen and oxygen atoms in total. The highest BCUT2D eigenvalue weighted by molar-refractivity contribution is 7.09. The number of aromatic nitrogens is 2. The van der Waals surface area contributed by atoms with Gasteiger partial charge in [-0.2, -0.15) is 0 Å². The molecule has 0 aliphatic rings. The molecule has 0 spiro atoms. The minimum atomic E-state index is -1.09. The SMILES string of the molecule is Cc1cnc(CNC(=O)NCc2nc(C(=O)O)cs2)o1. The highest BCUT2D eigenvalue weighted by Gasteiger charge is 2.09. The Hall–Kier alpha value is -2.42. The molecular formula is C11H12N4O4S. The fourth-order valence-electron chi connectivity index (χ4n) is 1.35. The van der Waals surface area contributed by atoms with Crippen molar-refractivity contribution in [2.24, 2.45) is 0 Å². The van der Waals surface area contributed by atoms with Crippen LogP contribution in [0.2, 0.25) is 0 Å². The lowest BCUT2D eigenvalue weighted by atomic mass is 10.5. The predicted molar refractivity (Wildman–Crippen MR) is 69.4 cm³/mol. The molecule has 0 aromatic carbocycles. The van der Waals surface area contributed by atoms with Gasteiger partial charge >= 0.3 is 12.0 Å². The van der Waals surface area contributed by atoms with E-state index in [4.69, 9.17) is 9.52 Å². The first-order valence-corrected chi connectivity index (χ1v) is 6.53. The van der Waals surface area contributed by atoms with Crippen LogP contribution in [0.4, 0.5) is 4.79 Å². The lowest BCUT2D eigenvalue weighted by Gasteiger charge is -2.03. The van der Waals surface area contributed by atoms with E-state index in [0.29, 0.717) is 16.7 Å². The molecular weight excluding hydrogens is 284 g/mol. The smallest absolute Gasteiger partial charge is 0.355 e. The summed E-state index contributed by atoms with van der Waals surface area (Å²) in [5.74, 6) is 0.00229. The number of carboxylic acids is 1. The number of nitrogens with zero attached hydrogens (tertiary/aromatic N) is 2. The Labute approximate surface area is 117 Å². The van der Waals surface area contributed by atoms with Crippen LogP contribution in [0, 0.1) is 6.92 Å². The van der Waals surface area contributed by atoms with Crippen LogP contribution in [0.25, 0.3) is 0 Å². The Kier molecular flexibility index (Phi) is 4.31. The number of oxazole rings is 1. The van der Waals surface area contributed by atoms with Crippen molar-refractivity contribution in [1.29, 1.82) is 0 Å². The van der Waals surface area contributed by atoms with Gasteiger partial charge in [0.25, 0.3) is 0 Å². The molecule has 0 aliphatic carbocycles. The van der Waals surface area contributed by atoms with E-state index in [0.717, 1.165) is 0 Å². The number of thiazole rings is 1. The maximum Gasteiger partial charge on any atom is 0.355 e. The first kappa shape index (κ1) is 14.0. The van der Waals surface area contributed by atoms with Gasteiger partial charge in [-0.05, 0) is 6.92 Å². The summed E-state index contributed by atoms with van der Waals surface area (Å²) in [6.07, 6.45) is 1.57. The Bertz CT molecular complexity index is 621. The van der Waals surface area contributed by atoms with Gasteiger partial charge in [0.2, 0.25) is 5.89 Å². The van der Waals surface area contributed by atoms with Gasteiger partial charge in [-0.15, -0.1) is 11.3 Å². The summed E-state index contributed by atoms with van der Waals surface area (Å²) in [4.78, 5) is 29.9. The van der Waals surface area contributed by atoms with Gasteiger partial charge < -0.3 is 20.2 Å². The highest BCUT2D eigenvalue weighted by atomic mass is 32.1. The Morgan fingerprint density at radius 3 is 2.75 bits per heavy atom. The number of urea groups is 1. The molecule has 0 bridgehead atoms. The first-order valence-electron chi connectivity index (χ1n) is 5.65. The van der Waals surface area contributed by atoms with Gasteiger partial charge in [0.05, 0.1) is 19.3 Å². The summed E-state index contributed by atoms with van der Waals surface area (Å²) in [7, 11) is 0. The third kappa shape index (κ3) is 3.79. The summed E-state index contributed by atoms with van der Waals surface area (Å²) < 4.78 is 5.20. The number of rotatable bonds is 5. The Balaban J connectivity index is 1.75. The molecule has 2 aromatic heterocycles.